The molecule has 0 fully saturated rings. The van der Waals surface area contributed by atoms with Crippen LogP contribution < -0.4 is 14.8 Å². The third kappa shape index (κ3) is 4.74. The number of ether oxygens (including phenoxy) is 2. The van der Waals surface area contributed by atoms with Gasteiger partial charge in [-0.3, -0.25) is 4.79 Å². The second kappa shape index (κ2) is 8.68. The van der Waals surface area contributed by atoms with E-state index >= 15 is 0 Å². The molecule has 0 heterocycles. The van der Waals surface area contributed by atoms with Gasteiger partial charge < -0.3 is 14.8 Å². The highest BCUT2D eigenvalue weighted by Gasteiger charge is 2.25. The summed E-state index contributed by atoms with van der Waals surface area (Å²) in [6, 6.07) is 12.9. The zero-order chi connectivity index (χ0) is 19.2. The fourth-order valence-corrected chi connectivity index (χ4v) is 3.73. The van der Waals surface area contributed by atoms with Crippen molar-refractivity contribution in [3.8, 4) is 11.5 Å². The number of amides is 1. The standard InChI is InChI=1S/C18H22N2O5S/c1-4-20(26(22,23)17-10-8-15(24-2)9-11-17)13-18(21)19-14-6-5-7-16(12-14)25-3/h5-12H,4,13H2,1-3H3,(H,19,21). The second-order valence-corrected chi connectivity index (χ2v) is 7.32. The number of carbonyl (C=O) groups is 1. The maximum absolute atomic E-state index is 12.7. The van der Waals surface area contributed by atoms with Crippen molar-refractivity contribution >= 4 is 21.6 Å². The number of anilines is 1. The lowest BCUT2D eigenvalue weighted by molar-refractivity contribution is -0.116. The fraction of sp³-hybridized carbons (Fsp3) is 0.278. The van der Waals surface area contributed by atoms with Crippen LogP contribution in [0.4, 0.5) is 5.69 Å². The van der Waals surface area contributed by atoms with Crippen molar-refractivity contribution in [2.45, 2.75) is 11.8 Å². The Morgan fingerprint density at radius 3 is 2.27 bits per heavy atom. The van der Waals surface area contributed by atoms with Gasteiger partial charge in [-0.05, 0) is 36.4 Å². The number of sulfonamides is 1. The molecule has 140 valence electrons. The van der Waals surface area contributed by atoms with Gasteiger partial charge in [-0.2, -0.15) is 4.31 Å². The van der Waals surface area contributed by atoms with E-state index < -0.39 is 15.9 Å². The SMILES string of the molecule is CCN(CC(=O)Nc1cccc(OC)c1)S(=O)(=O)c1ccc(OC)cc1. The Bertz CT molecular complexity index is 850. The van der Waals surface area contributed by atoms with Gasteiger partial charge in [0, 0.05) is 18.3 Å². The van der Waals surface area contributed by atoms with Crippen molar-refractivity contribution in [1.29, 1.82) is 0 Å². The largest absolute Gasteiger partial charge is 0.497 e. The quantitative estimate of drug-likeness (QED) is 0.762. The highest BCUT2D eigenvalue weighted by molar-refractivity contribution is 7.89. The van der Waals surface area contributed by atoms with Crippen molar-refractivity contribution in [2.75, 3.05) is 32.6 Å². The van der Waals surface area contributed by atoms with Crippen molar-refractivity contribution in [3.05, 3.63) is 48.5 Å². The van der Waals surface area contributed by atoms with Gasteiger partial charge in [-0.1, -0.05) is 13.0 Å². The molecule has 0 aliphatic heterocycles. The molecule has 0 aliphatic rings. The molecule has 0 spiro atoms. The summed E-state index contributed by atoms with van der Waals surface area (Å²) in [5, 5.41) is 2.68. The maximum Gasteiger partial charge on any atom is 0.243 e. The van der Waals surface area contributed by atoms with Gasteiger partial charge in [0.25, 0.3) is 0 Å². The number of benzene rings is 2. The molecule has 0 aliphatic carbocycles. The monoisotopic (exact) mass is 378 g/mol. The number of carbonyl (C=O) groups excluding carboxylic acids is 1. The molecule has 0 saturated heterocycles. The molecular weight excluding hydrogens is 356 g/mol. The summed E-state index contributed by atoms with van der Waals surface area (Å²) < 4.78 is 36.7. The van der Waals surface area contributed by atoms with Crippen LogP contribution in [0.1, 0.15) is 6.92 Å². The van der Waals surface area contributed by atoms with E-state index in [0.29, 0.717) is 17.2 Å². The molecule has 0 bridgehead atoms. The first-order valence-electron chi connectivity index (χ1n) is 7.98. The molecule has 0 unspecified atom stereocenters. The number of hydrogen-bond acceptors (Lipinski definition) is 5. The van der Waals surface area contributed by atoms with Crippen LogP contribution in [-0.2, 0) is 14.8 Å². The van der Waals surface area contributed by atoms with Crippen molar-refractivity contribution in [1.82, 2.24) is 4.31 Å². The lowest BCUT2D eigenvalue weighted by Gasteiger charge is -2.20. The number of nitrogens with zero attached hydrogens (tertiary/aromatic N) is 1. The normalized spacial score (nSPS) is 11.2. The third-order valence-corrected chi connectivity index (χ3v) is 5.66. The Morgan fingerprint density at radius 2 is 1.69 bits per heavy atom. The lowest BCUT2D eigenvalue weighted by Crippen LogP contribution is -2.37. The van der Waals surface area contributed by atoms with E-state index in [0.717, 1.165) is 4.31 Å². The molecule has 0 radical (unpaired) electrons. The molecule has 2 aromatic carbocycles. The van der Waals surface area contributed by atoms with Gasteiger partial charge >= 0.3 is 0 Å². The first-order chi connectivity index (χ1) is 12.4. The van der Waals surface area contributed by atoms with Crippen molar-refractivity contribution < 1.29 is 22.7 Å². The van der Waals surface area contributed by atoms with Crippen LogP contribution in [-0.4, -0.2) is 45.9 Å². The Kier molecular flexibility index (Phi) is 6.59. The summed E-state index contributed by atoms with van der Waals surface area (Å²) in [6.07, 6.45) is 0. The van der Waals surface area contributed by atoms with Crippen LogP contribution in [0, 0.1) is 0 Å². The zero-order valence-corrected chi connectivity index (χ0v) is 15.7. The molecule has 0 saturated carbocycles. The average molecular weight is 378 g/mol. The summed E-state index contributed by atoms with van der Waals surface area (Å²) in [6.45, 7) is 1.56. The number of nitrogens with one attached hydrogen (secondary N) is 1. The van der Waals surface area contributed by atoms with Crippen LogP contribution in [0.5, 0.6) is 11.5 Å². The van der Waals surface area contributed by atoms with E-state index in [-0.39, 0.29) is 18.0 Å². The molecule has 0 aromatic heterocycles. The summed E-state index contributed by atoms with van der Waals surface area (Å²) >= 11 is 0. The lowest BCUT2D eigenvalue weighted by atomic mass is 10.3. The van der Waals surface area contributed by atoms with Gasteiger partial charge in [-0.25, -0.2) is 8.42 Å². The molecule has 1 amide bonds. The van der Waals surface area contributed by atoms with Crippen LogP contribution in [0.2, 0.25) is 0 Å². The van der Waals surface area contributed by atoms with Crippen molar-refractivity contribution in [2.24, 2.45) is 0 Å². The Balaban J connectivity index is 2.12. The zero-order valence-electron chi connectivity index (χ0n) is 14.9. The first-order valence-corrected chi connectivity index (χ1v) is 9.42. The first kappa shape index (κ1) is 19.7. The topological polar surface area (TPSA) is 84.9 Å². The second-order valence-electron chi connectivity index (χ2n) is 5.39. The van der Waals surface area contributed by atoms with Crippen LogP contribution in [0.3, 0.4) is 0 Å². The van der Waals surface area contributed by atoms with Gasteiger partial charge in [0.1, 0.15) is 11.5 Å². The molecule has 2 aromatic rings. The molecule has 8 heteroatoms. The number of hydrogen-bond donors (Lipinski definition) is 1. The maximum atomic E-state index is 12.7. The Morgan fingerprint density at radius 1 is 1.04 bits per heavy atom. The van der Waals surface area contributed by atoms with E-state index in [4.69, 9.17) is 9.47 Å². The molecule has 2 rings (SSSR count). The minimum Gasteiger partial charge on any atom is -0.497 e. The van der Waals surface area contributed by atoms with E-state index in [2.05, 4.69) is 5.32 Å². The fourth-order valence-electron chi connectivity index (χ4n) is 2.33. The highest BCUT2D eigenvalue weighted by Crippen LogP contribution is 2.20. The van der Waals surface area contributed by atoms with Gasteiger partial charge in [0.2, 0.25) is 15.9 Å². The van der Waals surface area contributed by atoms with E-state index in [1.54, 1.807) is 43.3 Å². The molecule has 26 heavy (non-hydrogen) atoms. The van der Waals surface area contributed by atoms with Crippen LogP contribution in [0.25, 0.3) is 0 Å². The number of rotatable bonds is 8. The summed E-state index contributed by atoms with van der Waals surface area (Å²) in [4.78, 5) is 12.4. The van der Waals surface area contributed by atoms with Gasteiger partial charge in [0.15, 0.2) is 0 Å². The van der Waals surface area contributed by atoms with E-state index in [9.17, 15) is 13.2 Å². The minimum absolute atomic E-state index is 0.106. The van der Waals surface area contributed by atoms with Crippen molar-refractivity contribution in [3.63, 3.8) is 0 Å². The highest BCUT2D eigenvalue weighted by atomic mass is 32.2. The predicted octanol–water partition coefficient (Wildman–Crippen LogP) is 2.35. The number of likely N-dealkylation sites (N-methyl/N-ethyl adjacent to an activating group) is 1. The third-order valence-electron chi connectivity index (χ3n) is 3.72. The summed E-state index contributed by atoms with van der Waals surface area (Å²) in [5.74, 6) is 0.723. The van der Waals surface area contributed by atoms with E-state index in [1.165, 1.54) is 26.4 Å². The van der Waals surface area contributed by atoms with Gasteiger partial charge in [0.05, 0.1) is 25.7 Å². The molecular formula is C18H22N2O5S. The predicted molar refractivity (Wildman–Crippen MR) is 99.1 cm³/mol. The minimum atomic E-state index is -3.78. The smallest absolute Gasteiger partial charge is 0.243 e. The average Bonchev–Trinajstić information content (AvgIpc) is 2.66. The molecule has 0 atom stereocenters. The molecule has 7 nitrogen and oxygen atoms in total. The van der Waals surface area contributed by atoms with Crippen LogP contribution >= 0.6 is 0 Å². The Hall–Kier alpha value is -2.58. The summed E-state index contributed by atoms with van der Waals surface area (Å²) in [7, 11) is -0.750. The van der Waals surface area contributed by atoms with Crippen LogP contribution in [0.15, 0.2) is 53.4 Å². The Labute approximate surface area is 153 Å². The molecule has 1 N–H and O–H groups in total. The van der Waals surface area contributed by atoms with Gasteiger partial charge in [-0.15, -0.1) is 0 Å². The summed E-state index contributed by atoms with van der Waals surface area (Å²) in [5.41, 5.74) is 0.534. The number of methoxy groups -OCH3 is 2. The van der Waals surface area contributed by atoms with E-state index in [1.807, 2.05) is 0 Å².